The first-order valence-electron chi connectivity index (χ1n) is 8.18. The smallest absolute Gasteiger partial charge is 0.252 e. The predicted molar refractivity (Wildman–Crippen MR) is 90.9 cm³/mol. The molecule has 0 aliphatic carbocycles. The fourth-order valence-electron chi connectivity index (χ4n) is 2.88. The number of carbonyl (C=O) groups is 1. The van der Waals surface area contributed by atoms with Crippen molar-refractivity contribution in [1.82, 2.24) is 15.2 Å². The van der Waals surface area contributed by atoms with E-state index >= 15 is 0 Å². The molecule has 0 bridgehead atoms. The molecule has 7 heteroatoms. The summed E-state index contributed by atoms with van der Waals surface area (Å²) in [4.78, 5) is 28.1. The zero-order chi connectivity index (χ0) is 17.6. The van der Waals surface area contributed by atoms with Crippen molar-refractivity contribution in [3.05, 3.63) is 69.9 Å². The molecule has 25 heavy (non-hydrogen) atoms. The third-order valence-electron chi connectivity index (χ3n) is 4.24. The fourth-order valence-corrected chi connectivity index (χ4v) is 2.88. The average molecular weight is 345 g/mol. The van der Waals surface area contributed by atoms with E-state index in [4.69, 9.17) is 4.74 Å². The van der Waals surface area contributed by atoms with Gasteiger partial charge in [0.05, 0.1) is 24.8 Å². The zero-order valence-electron chi connectivity index (χ0n) is 13.7. The van der Waals surface area contributed by atoms with Gasteiger partial charge in [0.15, 0.2) is 0 Å². The predicted octanol–water partition coefficient (Wildman–Crippen LogP) is 1.32. The molecule has 1 amide bonds. The van der Waals surface area contributed by atoms with Crippen molar-refractivity contribution in [3.63, 3.8) is 0 Å². The Bertz CT molecular complexity index is 749. The van der Waals surface area contributed by atoms with E-state index in [1.54, 1.807) is 12.1 Å². The van der Waals surface area contributed by atoms with E-state index in [2.05, 4.69) is 15.2 Å². The molecule has 0 spiro atoms. The van der Waals surface area contributed by atoms with Gasteiger partial charge in [-0.2, -0.15) is 0 Å². The lowest BCUT2D eigenvalue weighted by molar-refractivity contribution is 0.0162. The molecular weight excluding hydrogens is 325 g/mol. The molecule has 2 aromatic rings. The van der Waals surface area contributed by atoms with E-state index in [1.165, 1.54) is 30.5 Å². The van der Waals surface area contributed by atoms with E-state index in [1.807, 2.05) is 0 Å². The number of aromatic nitrogens is 1. The van der Waals surface area contributed by atoms with Crippen LogP contribution in [0.2, 0.25) is 0 Å². The first-order chi connectivity index (χ1) is 12.1. The summed E-state index contributed by atoms with van der Waals surface area (Å²) >= 11 is 0. The minimum atomic E-state index is -0.290. The maximum atomic E-state index is 13.2. The van der Waals surface area contributed by atoms with E-state index in [9.17, 15) is 14.0 Å². The van der Waals surface area contributed by atoms with E-state index in [0.29, 0.717) is 25.3 Å². The van der Waals surface area contributed by atoms with Crippen LogP contribution >= 0.6 is 0 Å². The number of morpholine rings is 1. The molecule has 1 fully saturated rings. The van der Waals surface area contributed by atoms with Gasteiger partial charge in [-0.1, -0.05) is 12.1 Å². The molecule has 0 radical (unpaired) electrons. The fraction of sp³-hybridized carbons (Fsp3) is 0.333. The topological polar surface area (TPSA) is 74.4 Å². The molecule has 1 atom stereocenters. The average Bonchev–Trinajstić information content (AvgIpc) is 2.64. The number of halogens is 1. The molecule has 132 valence electrons. The normalized spacial score (nSPS) is 16.4. The number of pyridine rings is 1. The number of H-pyrrole nitrogens is 1. The van der Waals surface area contributed by atoms with Gasteiger partial charge in [-0.3, -0.25) is 14.5 Å². The van der Waals surface area contributed by atoms with Crippen LogP contribution in [0.3, 0.4) is 0 Å². The summed E-state index contributed by atoms with van der Waals surface area (Å²) in [6, 6.07) is 9.04. The first kappa shape index (κ1) is 17.3. The summed E-state index contributed by atoms with van der Waals surface area (Å²) in [5.74, 6) is -0.557. The summed E-state index contributed by atoms with van der Waals surface area (Å²) in [5.41, 5.74) is 1.07. The highest BCUT2D eigenvalue weighted by Crippen LogP contribution is 2.21. The summed E-state index contributed by atoms with van der Waals surface area (Å²) < 4.78 is 18.6. The maximum Gasteiger partial charge on any atom is 0.252 e. The second-order valence-electron chi connectivity index (χ2n) is 5.87. The number of ether oxygens (including phenoxy) is 1. The number of nitrogens with one attached hydrogen (secondary N) is 2. The Morgan fingerprint density at radius 3 is 2.56 bits per heavy atom. The minimum absolute atomic E-state index is 0.0730. The van der Waals surface area contributed by atoms with Gasteiger partial charge in [0.25, 0.3) is 5.91 Å². The highest BCUT2D eigenvalue weighted by Gasteiger charge is 2.23. The monoisotopic (exact) mass is 345 g/mol. The van der Waals surface area contributed by atoms with Crippen molar-refractivity contribution in [1.29, 1.82) is 0 Å². The number of carbonyl (C=O) groups excluding carboxylic acids is 1. The van der Waals surface area contributed by atoms with Crippen molar-refractivity contribution in [2.24, 2.45) is 0 Å². The van der Waals surface area contributed by atoms with Gasteiger partial charge in [-0.05, 0) is 23.8 Å². The van der Waals surface area contributed by atoms with Crippen LogP contribution in [0.15, 0.2) is 47.4 Å². The Kier molecular flexibility index (Phi) is 5.57. The largest absolute Gasteiger partial charge is 0.379 e. The van der Waals surface area contributed by atoms with Crippen LogP contribution in [0, 0.1) is 5.82 Å². The van der Waals surface area contributed by atoms with Crippen LogP contribution in [-0.4, -0.2) is 48.6 Å². The second kappa shape index (κ2) is 8.04. The van der Waals surface area contributed by atoms with E-state index in [-0.39, 0.29) is 23.3 Å². The van der Waals surface area contributed by atoms with Crippen LogP contribution < -0.4 is 10.9 Å². The highest BCUT2D eigenvalue weighted by atomic mass is 19.1. The number of nitrogens with zero attached hydrogens (tertiary/aromatic N) is 1. The van der Waals surface area contributed by atoms with Gasteiger partial charge < -0.3 is 15.0 Å². The van der Waals surface area contributed by atoms with Gasteiger partial charge in [0.2, 0.25) is 5.56 Å². The first-order valence-corrected chi connectivity index (χ1v) is 8.18. The molecule has 1 aliphatic heterocycles. The van der Waals surface area contributed by atoms with Gasteiger partial charge in [0.1, 0.15) is 5.82 Å². The molecule has 1 aromatic heterocycles. The van der Waals surface area contributed by atoms with Crippen molar-refractivity contribution in [2.75, 3.05) is 32.8 Å². The zero-order valence-corrected chi connectivity index (χ0v) is 13.7. The maximum absolute atomic E-state index is 13.2. The van der Waals surface area contributed by atoms with Crippen LogP contribution in [0.25, 0.3) is 0 Å². The van der Waals surface area contributed by atoms with Gasteiger partial charge >= 0.3 is 0 Å². The lowest BCUT2D eigenvalue weighted by atomic mass is 10.0. The van der Waals surface area contributed by atoms with Crippen molar-refractivity contribution in [2.45, 2.75) is 6.04 Å². The van der Waals surface area contributed by atoms with Crippen LogP contribution in [0.4, 0.5) is 4.39 Å². The standard InChI is InChI=1S/C18H20FN3O3/c19-15-4-1-13(2-5-15)16(22-7-9-25-10-8-22)12-21-18(24)14-3-6-17(23)20-11-14/h1-6,11,16H,7-10,12H2,(H,20,23)(H,21,24)/t16-/m0/s1. The third-order valence-corrected chi connectivity index (χ3v) is 4.24. The Labute approximate surface area is 144 Å². The summed E-state index contributed by atoms with van der Waals surface area (Å²) in [6.45, 7) is 3.13. The highest BCUT2D eigenvalue weighted by molar-refractivity contribution is 5.93. The Morgan fingerprint density at radius 1 is 1.20 bits per heavy atom. The molecule has 2 N–H and O–H groups in total. The lowest BCUT2D eigenvalue weighted by Crippen LogP contribution is -2.43. The van der Waals surface area contributed by atoms with Gasteiger partial charge in [-0.15, -0.1) is 0 Å². The Morgan fingerprint density at radius 2 is 1.92 bits per heavy atom. The van der Waals surface area contributed by atoms with Crippen LogP contribution in [0.1, 0.15) is 22.0 Å². The molecule has 1 aromatic carbocycles. The third kappa shape index (κ3) is 4.52. The summed E-state index contributed by atoms with van der Waals surface area (Å²) in [5, 5.41) is 2.89. The summed E-state index contributed by atoms with van der Waals surface area (Å²) in [6.07, 6.45) is 1.39. The van der Waals surface area contributed by atoms with Gasteiger partial charge in [0, 0.05) is 31.9 Å². The molecule has 2 heterocycles. The van der Waals surface area contributed by atoms with Gasteiger partial charge in [-0.25, -0.2) is 4.39 Å². The number of amides is 1. The minimum Gasteiger partial charge on any atom is -0.379 e. The number of benzene rings is 1. The molecule has 6 nitrogen and oxygen atoms in total. The number of rotatable bonds is 5. The summed E-state index contributed by atoms with van der Waals surface area (Å²) in [7, 11) is 0. The van der Waals surface area contributed by atoms with Crippen molar-refractivity contribution in [3.8, 4) is 0 Å². The van der Waals surface area contributed by atoms with E-state index in [0.717, 1.165) is 18.7 Å². The molecular formula is C18H20FN3O3. The molecule has 3 rings (SSSR count). The lowest BCUT2D eigenvalue weighted by Gasteiger charge is -2.35. The van der Waals surface area contributed by atoms with E-state index < -0.39 is 0 Å². The second-order valence-corrected chi connectivity index (χ2v) is 5.87. The quantitative estimate of drug-likeness (QED) is 0.857. The van der Waals surface area contributed by atoms with Crippen molar-refractivity contribution >= 4 is 5.91 Å². The van der Waals surface area contributed by atoms with Crippen molar-refractivity contribution < 1.29 is 13.9 Å². The molecule has 0 unspecified atom stereocenters. The van der Waals surface area contributed by atoms with Crippen LogP contribution in [-0.2, 0) is 4.74 Å². The molecule has 1 aliphatic rings. The molecule has 1 saturated heterocycles. The number of hydrogen-bond donors (Lipinski definition) is 2. The number of hydrogen-bond acceptors (Lipinski definition) is 4. The number of aromatic amines is 1. The Hall–Kier alpha value is -2.51. The Balaban J connectivity index is 1.72. The molecule has 0 saturated carbocycles. The van der Waals surface area contributed by atoms with Crippen LogP contribution in [0.5, 0.6) is 0 Å². The SMILES string of the molecule is O=C(NC[C@@H](c1ccc(F)cc1)N1CCOCC1)c1ccc(=O)[nH]c1.